The minimum atomic E-state index is -3.63. The minimum absolute atomic E-state index is 0.0431. The van der Waals surface area contributed by atoms with Gasteiger partial charge in [-0.05, 0) is 23.8 Å². The molecule has 0 spiro atoms. The number of halogens is 1. The van der Waals surface area contributed by atoms with E-state index >= 15 is 0 Å². The molecule has 3 rings (SSSR count). The number of amides is 1. The topological polar surface area (TPSA) is 73.0 Å². The van der Waals surface area contributed by atoms with E-state index in [0.717, 1.165) is 43.6 Å². The average Bonchev–Trinajstić information content (AvgIpc) is 2.75. The van der Waals surface area contributed by atoms with Crippen LogP contribution in [0.3, 0.4) is 0 Å². The Labute approximate surface area is 189 Å². The SMILES string of the molecule is CN(C)S(=O)(=O)c1ccc(Cl)c(C(=O)NCCN2CCN(Cc3ccccc3)CC2)c1. The third-order valence-corrected chi connectivity index (χ3v) is 7.53. The largest absolute Gasteiger partial charge is 0.351 e. The van der Waals surface area contributed by atoms with E-state index in [9.17, 15) is 13.2 Å². The molecule has 2 aromatic rings. The second kappa shape index (κ2) is 10.6. The van der Waals surface area contributed by atoms with Gasteiger partial charge in [-0.2, -0.15) is 0 Å². The molecule has 168 valence electrons. The van der Waals surface area contributed by atoms with E-state index in [1.165, 1.54) is 37.9 Å². The van der Waals surface area contributed by atoms with Crippen molar-refractivity contribution in [3.63, 3.8) is 0 Å². The van der Waals surface area contributed by atoms with Gasteiger partial charge in [0.15, 0.2) is 0 Å². The highest BCUT2D eigenvalue weighted by molar-refractivity contribution is 7.89. The lowest BCUT2D eigenvalue weighted by molar-refractivity contribution is 0.0934. The lowest BCUT2D eigenvalue weighted by Crippen LogP contribution is -2.48. The van der Waals surface area contributed by atoms with E-state index in [2.05, 4.69) is 39.4 Å². The summed E-state index contributed by atoms with van der Waals surface area (Å²) in [6.45, 7) is 6.02. The number of hydrogen-bond donors (Lipinski definition) is 1. The molecular formula is C22H29ClN4O3S. The first-order chi connectivity index (χ1) is 14.8. The molecule has 0 aliphatic carbocycles. The molecule has 1 aliphatic rings. The summed E-state index contributed by atoms with van der Waals surface area (Å²) in [4.78, 5) is 17.4. The first-order valence-corrected chi connectivity index (χ1v) is 12.1. The van der Waals surface area contributed by atoms with Crippen LogP contribution in [0.5, 0.6) is 0 Å². The Balaban J connectivity index is 1.48. The molecule has 0 atom stereocenters. The van der Waals surface area contributed by atoms with Gasteiger partial charge in [0.2, 0.25) is 10.0 Å². The van der Waals surface area contributed by atoms with Crippen LogP contribution < -0.4 is 5.32 Å². The molecule has 1 aliphatic heterocycles. The van der Waals surface area contributed by atoms with Crippen molar-refractivity contribution in [2.75, 3.05) is 53.4 Å². The van der Waals surface area contributed by atoms with Crippen LogP contribution in [0.15, 0.2) is 53.4 Å². The quantitative estimate of drug-likeness (QED) is 0.648. The molecule has 1 saturated heterocycles. The summed E-state index contributed by atoms with van der Waals surface area (Å²) in [6, 6.07) is 14.6. The summed E-state index contributed by atoms with van der Waals surface area (Å²) >= 11 is 6.15. The number of benzene rings is 2. The first-order valence-electron chi connectivity index (χ1n) is 10.3. The number of nitrogens with one attached hydrogen (secondary N) is 1. The fraction of sp³-hybridized carbons (Fsp3) is 0.409. The fourth-order valence-electron chi connectivity index (χ4n) is 3.49. The predicted octanol–water partition coefficient (Wildman–Crippen LogP) is 2.14. The van der Waals surface area contributed by atoms with Crippen molar-refractivity contribution in [1.29, 1.82) is 0 Å². The van der Waals surface area contributed by atoms with Crippen molar-refractivity contribution in [2.45, 2.75) is 11.4 Å². The molecule has 1 heterocycles. The molecule has 0 bridgehead atoms. The van der Waals surface area contributed by atoms with Crippen LogP contribution in [-0.2, 0) is 16.6 Å². The van der Waals surface area contributed by atoms with Crippen LogP contribution in [0, 0.1) is 0 Å². The van der Waals surface area contributed by atoms with Gasteiger partial charge in [0.05, 0.1) is 15.5 Å². The van der Waals surface area contributed by atoms with Crippen molar-refractivity contribution in [1.82, 2.24) is 19.4 Å². The highest BCUT2D eigenvalue weighted by Gasteiger charge is 2.21. The highest BCUT2D eigenvalue weighted by atomic mass is 35.5. The van der Waals surface area contributed by atoms with Gasteiger partial charge < -0.3 is 5.32 Å². The van der Waals surface area contributed by atoms with E-state index in [0.29, 0.717) is 6.54 Å². The third-order valence-electron chi connectivity index (χ3n) is 5.39. The van der Waals surface area contributed by atoms with Gasteiger partial charge in [-0.3, -0.25) is 14.6 Å². The summed E-state index contributed by atoms with van der Waals surface area (Å²) in [6.07, 6.45) is 0. The van der Waals surface area contributed by atoms with Gasteiger partial charge in [0.1, 0.15) is 0 Å². The van der Waals surface area contributed by atoms with Crippen LogP contribution in [0.1, 0.15) is 15.9 Å². The van der Waals surface area contributed by atoms with Crippen molar-refractivity contribution in [2.24, 2.45) is 0 Å². The summed E-state index contributed by atoms with van der Waals surface area (Å²) in [5.41, 5.74) is 1.48. The summed E-state index contributed by atoms with van der Waals surface area (Å²) in [5.74, 6) is -0.372. The number of carbonyl (C=O) groups excluding carboxylic acids is 1. The lowest BCUT2D eigenvalue weighted by Gasteiger charge is -2.34. The van der Waals surface area contributed by atoms with Gasteiger partial charge in [0, 0.05) is 59.9 Å². The third kappa shape index (κ3) is 6.27. The Morgan fingerprint density at radius 2 is 1.68 bits per heavy atom. The molecule has 2 aromatic carbocycles. The molecule has 0 unspecified atom stereocenters. The van der Waals surface area contributed by atoms with E-state index in [-0.39, 0.29) is 21.4 Å². The van der Waals surface area contributed by atoms with E-state index in [1.807, 2.05) is 6.07 Å². The minimum Gasteiger partial charge on any atom is -0.351 e. The van der Waals surface area contributed by atoms with Crippen LogP contribution in [0.2, 0.25) is 5.02 Å². The fourth-order valence-corrected chi connectivity index (χ4v) is 4.62. The molecule has 0 radical (unpaired) electrons. The molecule has 9 heteroatoms. The first kappa shape index (κ1) is 23.7. The summed E-state index contributed by atoms with van der Waals surface area (Å²) in [5, 5.41) is 3.09. The zero-order valence-electron chi connectivity index (χ0n) is 17.9. The maximum atomic E-state index is 12.6. The maximum absolute atomic E-state index is 12.6. The van der Waals surface area contributed by atoms with Gasteiger partial charge >= 0.3 is 0 Å². The monoisotopic (exact) mass is 464 g/mol. The van der Waals surface area contributed by atoms with Crippen LogP contribution >= 0.6 is 11.6 Å². The standard InChI is InChI=1S/C22H29ClN4O3S/c1-25(2)31(29,30)19-8-9-21(23)20(16-19)22(28)24-10-11-26-12-14-27(15-13-26)17-18-6-4-3-5-7-18/h3-9,16H,10-15,17H2,1-2H3,(H,24,28). The highest BCUT2D eigenvalue weighted by Crippen LogP contribution is 2.22. The maximum Gasteiger partial charge on any atom is 0.252 e. The zero-order chi connectivity index (χ0) is 22.4. The van der Waals surface area contributed by atoms with E-state index in [4.69, 9.17) is 11.6 Å². The number of piperazine rings is 1. The Morgan fingerprint density at radius 3 is 2.32 bits per heavy atom. The molecule has 1 fully saturated rings. The summed E-state index contributed by atoms with van der Waals surface area (Å²) < 4.78 is 25.7. The molecule has 1 N–H and O–H groups in total. The Morgan fingerprint density at radius 1 is 1.03 bits per heavy atom. The van der Waals surface area contributed by atoms with Crippen LogP contribution in [0.4, 0.5) is 0 Å². The molecular weight excluding hydrogens is 436 g/mol. The molecule has 31 heavy (non-hydrogen) atoms. The number of sulfonamides is 1. The second-order valence-electron chi connectivity index (χ2n) is 7.79. The average molecular weight is 465 g/mol. The number of hydrogen-bond acceptors (Lipinski definition) is 5. The lowest BCUT2D eigenvalue weighted by atomic mass is 10.2. The summed E-state index contributed by atoms with van der Waals surface area (Å²) in [7, 11) is -0.738. The smallest absolute Gasteiger partial charge is 0.252 e. The Bertz CT molecular complexity index is 991. The van der Waals surface area contributed by atoms with Gasteiger partial charge in [-0.25, -0.2) is 12.7 Å². The molecule has 7 nitrogen and oxygen atoms in total. The zero-order valence-corrected chi connectivity index (χ0v) is 19.5. The molecule has 0 aromatic heterocycles. The Hall–Kier alpha value is -1.97. The van der Waals surface area contributed by atoms with Crippen LogP contribution in [-0.4, -0.2) is 81.8 Å². The van der Waals surface area contributed by atoms with E-state index in [1.54, 1.807) is 0 Å². The van der Waals surface area contributed by atoms with Gasteiger partial charge in [-0.1, -0.05) is 41.9 Å². The number of nitrogens with zero attached hydrogens (tertiary/aromatic N) is 3. The van der Waals surface area contributed by atoms with Gasteiger partial charge in [0.25, 0.3) is 5.91 Å². The van der Waals surface area contributed by atoms with Crippen molar-refractivity contribution in [3.8, 4) is 0 Å². The van der Waals surface area contributed by atoms with Gasteiger partial charge in [-0.15, -0.1) is 0 Å². The van der Waals surface area contributed by atoms with E-state index < -0.39 is 10.0 Å². The normalized spacial score (nSPS) is 15.9. The number of carbonyl (C=O) groups is 1. The van der Waals surface area contributed by atoms with Crippen molar-refractivity contribution in [3.05, 3.63) is 64.7 Å². The van der Waals surface area contributed by atoms with Crippen molar-refractivity contribution < 1.29 is 13.2 Å². The molecule has 1 amide bonds. The van der Waals surface area contributed by atoms with Crippen LogP contribution in [0.25, 0.3) is 0 Å². The predicted molar refractivity (Wildman–Crippen MR) is 123 cm³/mol. The van der Waals surface area contributed by atoms with Crippen molar-refractivity contribution >= 4 is 27.5 Å². The molecule has 0 saturated carbocycles. The Kier molecular flexibility index (Phi) is 8.07. The second-order valence-corrected chi connectivity index (χ2v) is 10.3. The number of rotatable bonds is 8.